The molecule has 0 unspecified atom stereocenters. The summed E-state index contributed by atoms with van der Waals surface area (Å²) in [6.07, 6.45) is 3.67. The third kappa shape index (κ3) is 1.95. The molecule has 1 N–H and O–H groups in total. The molecule has 16 heavy (non-hydrogen) atoms. The summed E-state index contributed by atoms with van der Waals surface area (Å²) in [6, 6.07) is 10.4. The molecule has 1 aliphatic carbocycles. The van der Waals surface area contributed by atoms with Crippen LogP contribution in [0.1, 0.15) is 22.6 Å². The highest BCUT2D eigenvalue weighted by molar-refractivity contribution is 7.15. The van der Waals surface area contributed by atoms with Crippen molar-refractivity contribution < 1.29 is 0 Å². The molecular weight excluding hydrogens is 216 g/mol. The Balaban J connectivity index is 1.67. The van der Waals surface area contributed by atoms with Crippen molar-refractivity contribution in [1.82, 2.24) is 4.98 Å². The van der Waals surface area contributed by atoms with Gasteiger partial charge in [-0.05, 0) is 24.8 Å². The van der Waals surface area contributed by atoms with Crippen LogP contribution in [0.4, 0.5) is 5.13 Å². The number of nitrogens with zero attached hydrogens (tertiary/aromatic N) is 1. The highest BCUT2D eigenvalue weighted by Crippen LogP contribution is 2.30. The molecule has 1 aromatic carbocycles. The van der Waals surface area contributed by atoms with E-state index in [4.69, 9.17) is 0 Å². The quantitative estimate of drug-likeness (QED) is 0.875. The molecule has 0 saturated carbocycles. The molecule has 1 aromatic heterocycles. The van der Waals surface area contributed by atoms with Crippen molar-refractivity contribution in [1.29, 1.82) is 0 Å². The molecule has 3 heteroatoms. The van der Waals surface area contributed by atoms with Crippen LogP contribution < -0.4 is 5.32 Å². The SMILES string of the molecule is c1ccc(CNc2nc3c(s2)CCC3)cc1. The van der Waals surface area contributed by atoms with Crippen LogP contribution in [0.5, 0.6) is 0 Å². The Morgan fingerprint density at radius 3 is 2.88 bits per heavy atom. The van der Waals surface area contributed by atoms with Crippen LogP contribution >= 0.6 is 11.3 Å². The van der Waals surface area contributed by atoms with Gasteiger partial charge in [0.2, 0.25) is 0 Å². The van der Waals surface area contributed by atoms with Gasteiger partial charge in [0.25, 0.3) is 0 Å². The lowest BCUT2D eigenvalue weighted by atomic mass is 10.2. The van der Waals surface area contributed by atoms with Gasteiger partial charge >= 0.3 is 0 Å². The topological polar surface area (TPSA) is 24.9 Å². The van der Waals surface area contributed by atoms with E-state index in [9.17, 15) is 0 Å². The fourth-order valence-electron chi connectivity index (χ4n) is 2.04. The molecule has 0 saturated heterocycles. The van der Waals surface area contributed by atoms with Crippen LogP contribution in [0.3, 0.4) is 0 Å². The first kappa shape index (κ1) is 9.85. The molecule has 1 heterocycles. The summed E-state index contributed by atoms with van der Waals surface area (Å²) in [5, 5.41) is 4.48. The van der Waals surface area contributed by atoms with Crippen LogP contribution in [0, 0.1) is 0 Å². The van der Waals surface area contributed by atoms with E-state index in [-0.39, 0.29) is 0 Å². The lowest BCUT2D eigenvalue weighted by Crippen LogP contribution is -1.98. The number of anilines is 1. The molecule has 2 aromatic rings. The minimum atomic E-state index is 0.868. The summed E-state index contributed by atoms with van der Waals surface area (Å²) >= 11 is 1.82. The summed E-state index contributed by atoms with van der Waals surface area (Å²) in [6.45, 7) is 0.868. The molecule has 0 bridgehead atoms. The first-order valence-corrected chi connectivity index (χ1v) is 6.50. The third-order valence-corrected chi connectivity index (χ3v) is 4.00. The van der Waals surface area contributed by atoms with E-state index < -0.39 is 0 Å². The molecule has 1 aliphatic rings. The smallest absolute Gasteiger partial charge is 0.183 e. The van der Waals surface area contributed by atoms with Gasteiger partial charge in [0.05, 0.1) is 5.69 Å². The summed E-state index contributed by atoms with van der Waals surface area (Å²) in [5.74, 6) is 0. The fourth-order valence-corrected chi connectivity index (χ4v) is 3.09. The van der Waals surface area contributed by atoms with Crippen molar-refractivity contribution in [2.45, 2.75) is 25.8 Å². The van der Waals surface area contributed by atoms with E-state index in [1.807, 2.05) is 17.4 Å². The number of benzene rings is 1. The molecule has 3 rings (SSSR count). The lowest BCUT2D eigenvalue weighted by Gasteiger charge is -2.02. The number of rotatable bonds is 3. The maximum Gasteiger partial charge on any atom is 0.183 e. The van der Waals surface area contributed by atoms with E-state index in [0.717, 1.165) is 11.7 Å². The molecule has 82 valence electrons. The van der Waals surface area contributed by atoms with Crippen LogP contribution in [-0.2, 0) is 19.4 Å². The summed E-state index contributed by atoms with van der Waals surface area (Å²) < 4.78 is 0. The predicted molar refractivity (Wildman–Crippen MR) is 67.9 cm³/mol. The zero-order valence-corrected chi connectivity index (χ0v) is 9.89. The maximum atomic E-state index is 4.61. The maximum absolute atomic E-state index is 4.61. The Kier molecular flexibility index (Phi) is 2.62. The Bertz CT molecular complexity index is 454. The van der Waals surface area contributed by atoms with E-state index in [1.165, 1.54) is 35.4 Å². The van der Waals surface area contributed by atoms with Crippen molar-refractivity contribution in [3.8, 4) is 0 Å². The van der Waals surface area contributed by atoms with E-state index >= 15 is 0 Å². The second-order valence-electron chi connectivity index (χ2n) is 4.08. The monoisotopic (exact) mass is 230 g/mol. The zero-order chi connectivity index (χ0) is 10.8. The van der Waals surface area contributed by atoms with Gasteiger partial charge in [-0.2, -0.15) is 0 Å². The largest absolute Gasteiger partial charge is 0.357 e. The number of hydrogen-bond donors (Lipinski definition) is 1. The molecule has 0 atom stereocenters. The lowest BCUT2D eigenvalue weighted by molar-refractivity contribution is 0.899. The summed E-state index contributed by atoms with van der Waals surface area (Å²) in [4.78, 5) is 6.10. The zero-order valence-electron chi connectivity index (χ0n) is 9.07. The van der Waals surface area contributed by atoms with Crippen molar-refractivity contribution in [3.05, 3.63) is 46.5 Å². The minimum absolute atomic E-state index is 0.868. The number of fused-ring (bicyclic) bond motifs is 1. The van der Waals surface area contributed by atoms with Crippen LogP contribution in [-0.4, -0.2) is 4.98 Å². The third-order valence-electron chi connectivity index (χ3n) is 2.88. The van der Waals surface area contributed by atoms with Gasteiger partial charge in [0.1, 0.15) is 0 Å². The average molecular weight is 230 g/mol. The number of hydrogen-bond acceptors (Lipinski definition) is 3. The first-order valence-electron chi connectivity index (χ1n) is 5.68. The van der Waals surface area contributed by atoms with Crippen molar-refractivity contribution >= 4 is 16.5 Å². The molecule has 0 amide bonds. The highest BCUT2D eigenvalue weighted by atomic mass is 32.1. The Morgan fingerprint density at radius 2 is 2.06 bits per heavy atom. The predicted octanol–water partition coefficient (Wildman–Crippen LogP) is 3.24. The van der Waals surface area contributed by atoms with Crippen molar-refractivity contribution in [3.63, 3.8) is 0 Å². The van der Waals surface area contributed by atoms with E-state index in [1.54, 1.807) is 0 Å². The molecule has 2 nitrogen and oxygen atoms in total. The fraction of sp³-hybridized carbons (Fsp3) is 0.308. The standard InChI is InChI=1S/C13H14N2S/c1-2-5-10(6-3-1)9-14-13-15-11-7-4-8-12(11)16-13/h1-3,5-6H,4,7-9H2,(H,14,15). The van der Waals surface area contributed by atoms with Gasteiger partial charge in [0, 0.05) is 11.4 Å². The molecule has 0 spiro atoms. The summed E-state index contributed by atoms with van der Waals surface area (Å²) in [7, 11) is 0. The normalized spacial score (nSPS) is 13.8. The van der Waals surface area contributed by atoms with E-state index in [2.05, 4.69) is 34.6 Å². The van der Waals surface area contributed by atoms with Gasteiger partial charge in [0.15, 0.2) is 5.13 Å². The molecule has 0 fully saturated rings. The van der Waals surface area contributed by atoms with Gasteiger partial charge in [-0.1, -0.05) is 30.3 Å². The number of aryl methyl sites for hydroxylation is 2. The minimum Gasteiger partial charge on any atom is -0.357 e. The molecular formula is C13H14N2S. The second kappa shape index (κ2) is 4.26. The van der Waals surface area contributed by atoms with Crippen molar-refractivity contribution in [2.24, 2.45) is 0 Å². The Labute approximate surface area is 99.4 Å². The highest BCUT2D eigenvalue weighted by Gasteiger charge is 2.16. The number of nitrogens with one attached hydrogen (secondary N) is 1. The average Bonchev–Trinajstić information content (AvgIpc) is 2.88. The van der Waals surface area contributed by atoms with Crippen LogP contribution in [0.2, 0.25) is 0 Å². The van der Waals surface area contributed by atoms with Gasteiger partial charge in [-0.25, -0.2) is 4.98 Å². The van der Waals surface area contributed by atoms with Crippen LogP contribution in [0.25, 0.3) is 0 Å². The van der Waals surface area contributed by atoms with Crippen molar-refractivity contribution in [2.75, 3.05) is 5.32 Å². The second-order valence-corrected chi connectivity index (χ2v) is 5.17. The van der Waals surface area contributed by atoms with Gasteiger partial charge in [-0.15, -0.1) is 11.3 Å². The summed E-state index contributed by atoms with van der Waals surface area (Å²) in [5.41, 5.74) is 2.62. The number of thiazole rings is 1. The first-order chi connectivity index (χ1) is 7.92. The Morgan fingerprint density at radius 1 is 1.19 bits per heavy atom. The van der Waals surface area contributed by atoms with Crippen LogP contribution in [0.15, 0.2) is 30.3 Å². The Hall–Kier alpha value is -1.35. The number of aromatic nitrogens is 1. The van der Waals surface area contributed by atoms with E-state index in [0.29, 0.717) is 0 Å². The van der Waals surface area contributed by atoms with Gasteiger partial charge < -0.3 is 5.32 Å². The molecule has 0 radical (unpaired) electrons. The molecule has 0 aliphatic heterocycles. The van der Waals surface area contributed by atoms with Gasteiger partial charge in [-0.3, -0.25) is 0 Å².